The average Bonchev–Trinajstić information content (AvgIpc) is 2.67. The molecule has 2 rings (SSSR count). The first kappa shape index (κ1) is 15.0. The molecule has 1 saturated carbocycles. The third-order valence-electron chi connectivity index (χ3n) is 3.72. The van der Waals surface area contributed by atoms with Crippen LogP contribution < -0.4 is 4.72 Å². The van der Waals surface area contributed by atoms with Crippen molar-refractivity contribution in [1.29, 1.82) is 0 Å². The van der Waals surface area contributed by atoms with Crippen molar-refractivity contribution in [2.45, 2.75) is 56.6 Å². The summed E-state index contributed by atoms with van der Waals surface area (Å²) in [5, 5.41) is 8.87. The predicted molar refractivity (Wildman–Crippen MR) is 71.8 cm³/mol. The summed E-state index contributed by atoms with van der Waals surface area (Å²) in [6.45, 7) is 4.27. The van der Waals surface area contributed by atoms with Crippen molar-refractivity contribution in [3.8, 4) is 0 Å². The van der Waals surface area contributed by atoms with Gasteiger partial charge in [0.25, 0.3) is 10.0 Å². The van der Waals surface area contributed by atoms with Crippen LogP contribution in [0.3, 0.4) is 0 Å². The number of aromatic nitrogens is 2. The summed E-state index contributed by atoms with van der Waals surface area (Å²) in [4.78, 5) is 14.9. The Kier molecular flexibility index (Phi) is 3.88. The van der Waals surface area contributed by atoms with E-state index in [1.807, 2.05) is 6.92 Å². The van der Waals surface area contributed by atoms with Gasteiger partial charge in [-0.1, -0.05) is 0 Å². The molecule has 2 N–H and O–H groups in total. The largest absolute Gasteiger partial charge is 0.481 e. The van der Waals surface area contributed by atoms with Gasteiger partial charge in [0.1, 0.15) is 5.82 Å². The van der Waals surface area contributed by atoms with Crippen LogP contribution in [-0.2, 0) is 21.4 Å². The third-order valence-corrected chi connectivity index (χ3v) is 5.17. The minimum atomic E-state index is -3.78. The van der Waals surface area contributed by atoms with Crippen molar-refractivity contribution in [1.82, 2.24) is 14.3 Å². The Morgan fingerprint density at radius 2 is 2.20 bits per heavy atom. The molecule has 0 spiro atoms. The number of hydrogen-bond acceptors (Lipinski definition) is 4. The fourth-order valence-corrected chi connectivity index (χ4v) is 3.94. The van der Waals surface area contributed by atoms with E-state index in [1.54, 1.807) is 11.5 Å². The van der Waals surface area contributed by atoms with Gasteiger partial charge in [0.15, 0.2) is 5.03 Å². The molecule has 112 valence electrons. The van der Waals surface area contributed by atoms with Crippen LogP contribution in [-0.4, -0.2) is 34.6 Å². The van der Waals surface area contributed by atoms with Gasteiger partial charge in [-0.3, -0.25) is 4.79 Å². The SMILES string of the molecule is CCn1cc(S(=O)(=O)NC2(CC(=O)O)CCC2)nc1C. The Balaban J connectivity index is 2.23. The van der Waals surface area contributed by atoms with Crippen LogP contribution in [0.4, 0.5) is 0 Å². The van der Waals surface area contributed by atoms with E-state index in [9.17, 15) is 13.2 Å². The zero-order chi connectivity index (χ0) is 15.0. The molecule has 7 nitrogen and oxygen atoms in total. The zero-order valence-electron chi connectivity index (χ0n) is 11.6. The number of nitrogens with one attached hydrogen (secondary N) is 1. The third kappa shape index (κ3) is 2.85. The zero-order valence-corrected chi connectivity index (χ0v) is 12.4. The second-order valence-corrected chi connectivity index (χ2v) is 6.85. The summed E-state index contributed by atoms with van der Waals surface area (Å²) in [7, 11) is -3.78. The lowest BCUT2D eigenvalue weighted by atomic mass is 9.75. The minimum Gasteiger partial charge on any atom is -0.481 e. The van der Waals surface area contributed by atoms with E-state index in [-0.39, 0.29) is 11.4 Å². The Morgan fingerprint density at radius 1 is 1.55 bits per heavy atom. The number of aryl methyl sites for hydroxylation is 2. The first-order chi connectivity index (χ1) is 9.28. The summed E-state index contributed by atoms with van der Waals surface area (Å²) in [5.41, 5.74) is -0.853. The second kappa shape index (κ2) is 5.17. The van der Waals surface area contributed by atoms with Crippen LogP contribution in [0.25, 0.3) is 0 Å². The molecule has 1 heterocycles. The van der Waals surface area contributed by atoms with E-state index in [0.29, 0.717) is 25.2 Å². The van der Waals surface area contributed by atoms with Crippen molar-refractivity contribution in [2.75, 3.05) is 0 Å². The van der Waals surface area contributed by atoms with Crippen LogP contribution in [0, 0.1) is 6.92 Å². The van der Waals surface area contributed by atoms with Crippen molar-refractivity contribution in [3.63, 3.8) is 0 Å². The highest BCUT2D eigenvalue weighted by molar-refractivity contribution is 7.89. The molecule has 0 unspecified atom stereocenters. The van der Waals surface area contributed by atoms with Gasteiger partial charge in [0, 0.05) is 18.3 Å². The molecule has 8 heteroatoms. The molecular weight excluding hydrogens is 282 g/mol. The topological polar surface area (TPSA) is 101 Å². The highest BCUT2D eigenvalue weighted by Gasteiger charge is 2.43. The Bertz CT molecular complexity index is 617. The van der Waals surface area contributed by atoms with Gasteiger partial charge < -0.3 is 9.67 Å². The number of rotatable bonds is 6. The van der Waals surface area contributed by atoms with E-state index in [2.05, 4.69) is 9.71 Å². The summed E-state index contributed by atoms with van der Waals surface area (Å²) in [6, 6.07) is 0. The molecule has 1 aliphatic rings. The summed E-state index contributed by atoms with van der Waals surface area (Å²) in [5.74, 6) is -0.378. The molecule has 0 amide bonds. The maximum absolute atomic E-state index is 12.3. The van der Waals surface area contributed by atoms with E-state index < -0.39 is 21.5 Å². The standard InChI is InChI=1S/C12H19N3O4S/c1-3-15-8-10(13-9(15)2)20(18,19)14-12(5-4-6-12)7-11(16)17/h8,14H,3-7H2,1-2H3,(H,16,17). The molecule has 1 aliphatic carbocycles. The van der Waals surface area contributed by atoms with Gasteiger partial charge in [-0.05, 0) is 33.1 Å². The number of carboxylic acids is 1. The van der Waals surface area contributed by atoms with Crippen molar-refractivity contribution in [3.05, 3.63) is 12.0 Å². The molecule has 1 fully saturated rings. The van der Waals surface area contributed by atoms with Crippen molar-refractivity contribution in [2.24, 2.45) is 0 Å². The highest BCUT2D eigenvalue weighted by Crippen LogP contribution is 2.36. The maximum atomic E-state index is 12.3. The number of aliphatic carboxylic acids is 1. The van der Waals surface area contributed by atoms with Gasteiger partial charge >= 0.3 is 5.97 Å². The lowest BCUT2D eigenvalue weighted by Crippen LogP contribution is -2.54. The first-order valence-electron chi connectivity index (χ1n) is 6.57. The van der Waals surface area contributed by atoms with Crippen LogP contribution in [0.5, 0.6) is 0 Å². The smallest absolute Gasteiger partial charge is 0.305 e. The summed E-state index contributed by atoms with van der Waals surface area (Å²) >= 11 is 0. The van der Waals surface area contributed by atoms with E-state index in [4.69, 9.17) is 5.11 Å². The summed E-state index contributed by atoms with van der Waals surface area (Å²) in [6.07, 6.45) is 3.21. The van der Waals surface area contributed by atoms with Crippen LogP contribution in [0.2, 0.25) is 0 Å². The first-order valence-corrected chi connectivity index (χ1v) is 8.06. The van der Waals surface area contributed by atoms with Crippen molar-refractivity contribution >= 4 is 16.0 Å². The quantitative estimate of drug-likeness (QED) is 0.812. The minimum absolute atomic E-state index is 0.0477. The molecule has 0 aliphatic heterocycles. The molecular formula is C12H19N3O4S. The van der Waals surface area contributed by atoms with Crippen LogP contribution in [0.1, 0.15) is 38.4 Å². The fraction of sp³-hybridized carbons (Fsp3) is 0.667. The number of carboxylic acid groups (broad SMARTS) is 1. The maximum Gasteiger partial charge on any atom is 0.305 e. The van der Waals surface area contributed by atoms with Gasteiger partial charge in [-0.2, -0.15) is 0 Å². The molecule has 0 aromatic carbocycles. The number of sulfonamides is 1. The van der Waals surface area contributed by atoms with E-state index in [0.717, 1.165) is 6.42 Å². The second-order valence-electron chi connectivity index (χ2n) is 5.22. The average molecular weight is 301 g/mol. The number of hydrogen-bond donors (Lipinski definition) is 2. The Morgan fingerprint density at radius 3 is 2.60 bits per heavy atom. The predicted octanol–water partition coefficient (Wildman–Crippen LogP) is 0.887. The van der Waals surface area contributed by atoms with Crippen LogP contribution >= 0.6 is 0 Å². The lowest BCUT2D eigenvalue weighted by Gasteiger charge is -2.40. The number of nitrogens with zero attached hydrogens (tertiary/aromatic N) is 2. The highest BCUT2D eigenvalue weighted by atomic mass is 32.2. The Hall–Kier alpha value is -1.41. The molecule has 0 radical (unpaired) electrons. The number of imidazole rings is 1. The monoisotopic (exact) mass is 301 g/mol. The normalized spacial score (nSPS) is 17.7. The number of carbonyl (C=O) groups is 1. The van der Waals surface area contributed by atoms with Gasteiger partial charge in [-0.15, -0.1) is 0 Å². The summed E-state index contributed by atoms with van der Waals surface area (Å²) < 4.78 is 28.9. The lowest BCUT2D eigenvalue weighted by molar-refractivity contribution is -0.139. The van der Waals surface area contributed by atoms with Gasteiger partial charge in [0.05, 0.1) is 6.42 Å². The molecule has 0 atom stereocenters. The van der Waals surface area contributed by atoms with Gasteiger partial charge in [0.2, 0.25) is 0 Å². The van der Waals surface area contributed by atoms with E-state index >= 15 is 0 Å². The molecule has 0 saturated heterocycles. The molecule has 1 aromatic rings. The van der Waals surface area contributed by atoms with Gasteiger partial charge in [-0.25, -0.2) is 18.1 Å². The molecule has 20 heavy (non-hydrogen) atoms. The fourth-order valence-electron chi connectivity index (χ4n) is 2.47. The van der Waals surface area contributed by atoms with E-state index in [1.165, 1.54) is 6.20 Å². The molecule has 1 aromatic heterocycles. The van der Waals surface area contributed by atoms with Crippen molar-refractivity contribution < 1.29 is 18.3 Å². The van der Waals surface area contributed by atoms with Crippen LogP contribution in [0.15, 0.2) is 11.2 Å². The molecule has 0 bridgehead atoms. The Labute approximate surface area is 118 Å².